The molecule has 1 unspecified atom stereocenters. The topological polar surface area (TPSA) is 133 Å². The lowest BCUT2D eigenvalue weighted by molar-refractivity contribution is -0.352. The summed E-state index contributed by atoms with van der Waals surface area (Å²) >= 11 is 0. The van der Waals surface area contributed by atoms with E-state index in [1.54, 1.807) is 0 Å². The van der Waals surface area contributed by atoms with Crippen LogP contribution in [-0.4, -0.2) is 54.8 Å². The summed E-state index contributed by atoms with van der Waals surface area (Å²) in [4.78, 5) is 22.1. The van der Waals surface area contributed by atoms with E-state index in [0.29, 0.717) is 0 Å². The van der Waals surface area contributed by atoms with E-state index in [4.69, 9.17) is 4.55 Å². The highest BCUT2D eigenvalue weighted by Crippen LogP contribution is 2.38. The Morgan fingerprint density at radius 2 is 1.46 bits per heavy atom. The number of nitrogens with two attached hydrogens (primary N) is 1. The SMILES string of the molecule is C=C(C(=O)OC(OCC(F)(F)S(=O)(=O)O)(C(N)=O)C(F)(F)F)C(F)(F)F. The second-order valence-electron chi connectivity index (χ2n) is 4.25. The lowest BCUT2D eigenvalue weighted by Crippen LogP contribution is -2.61. The maximum absolute atomic E-state index is 13.0. The summed E-state index contributed by atoms with van der Waals surface area (Å²) in [5.41, 5.74) is 1.63. The fourth-order valence-electron chi connectivity index (χ4n) is 0.998. The first-order chi connectivity index (χ1) is 11.2. The molecule has 0 bridgehead atoms. The van der Waals surface area contributed by atoms with Crippen molar-refractivity contribution in [1.82, 2.24) is 0 Å². The molecule has 0 saturated carbocycles. The average Bonchev–Trinajstić information content (AvgIpc) is 2.38. The Bertz CT molecular complexity index is 698. The molecule has 0 aromatic heterocycles. The van der Waals surface area contributed by atoms with Gasteiger partial charge in [-0.25, -0.2) is 4.79 Å². The summed E-state index contributed by atoms with van der Waals surface area (Å²) in [6, 6.07) is 0. The number of primary amides is 1. The molecule has 0 aromatic rings. The van der Waals surface area contributed by atoms with Gasteiger partial charge in [0.1, 0.15) is 12.2 Å². The van der Waals surface area contributed by atoms with Gasteiger partial charge in [0.15, 0.2) is 0 Å². The van der Waals surface area contributed by atoms with Gasteiger partial charge in [-0.3, -0.25) is 9.35 Å². The van der Waals surface area contributed by atoms with Gasteiger partial charge < -0.3 is 15.2 Å². The van der Waals surface area contributed by atoms with E-state index in [-0.39, 0.29) is 0 Å². The molecule has 0 rings (SSSR count). The van der Waals surface area contributed by atoms with E-state index in [1.165, 1.54) is 0 Å². The van der Waals surface area contributed by atoms with E-state index in [9.17, 15) is 53.1 Å². The first-order valence-corrected chi connectivity index (χ1v) is 6.98. The zero-order valence-electron chi connectivity index (χ0n) is 11.8. The fourth-order valence-corrected chi connectivity index (χ4v) is 1.21. The van der Waals surface area contributed by atoms with Gasteiger partial charge in [-0.15, -0.1) is 0 Å². The third-order valence-corrected chi connectivity index (χ3v) is 3.22. The first-order valence-electron chi connectivity index (χ1n) is 5.54. The predicted molar refractivity (Wildman–Crippen MR) is 61.7 cm³/mol. The fraction of sp³-hybridized carbons (Fsp3) is 0.556. The van der Waals surface area contributed by atoms with Gasteiger partial charge in [-0.2, -0.15) is 43.5 Å². The number of hydrogen-bond donors (Lipinski definition) is 2. The standard InChI is InChI=1S/C9H7F8NO7S/c1-3(8(12,13)14)4(19)25-7(5(18)20,9(15,16)17)24-2-6(10,11)26(21,22)23/h1-2H2,(H2,18,20)(H,21,22,23). The summed E-state index contributed by atoms with van der Waals surface area (Å²) in [6.45, 7) is -0.931. The van der Waals surface area contributed by atoms with Gasteiger partial charge >= 0.3 is 45.4 Å². The molecule has 0 aliphatic rings. The molecule has 1 amide bonds. The number of halogens is 8. The van der Waals surface area contributed by atoms with Crippen LogP contribution < -0.4 is 5.73 Å². The molecule has 0 radical (unpaired) electrons. The number of rotatable bonds is 7. The van der Waals surface area contributed by atoms with Gasteiger partial charge in [0.25, 0.3) is 0 Å². The molecular weight excluding hydrogens is 418 g/mol. The van der Waals surface area contributed by atoms with Crippen LogP contribution in [0.15, 0.2) is 12.2 Å². The third kappa shape index (κ3) is 5.01. The number of alkyl halides is 8. The molecule has 0 aliphatic carbocycles. The lowest BCUT2D eigenvalue weighted by atomic mass is 10.2. The number of carbonyl (C=O) groups excluding carboxylic acids is 2. The predicted octanol–water partition coefficient (Wildman–Crippen LogP) is 0.889. The smallest absolute Gasteiger partial charge is 0.412 e. The van der Waals surface area contributed by atoms with Crippen LogP contribution in [0.1, 0.15) is 0 Å². The van der Waals surface area contributed by atoms with Crippen molar-refractivity contribution in [2.75, 3.05) is 6.61 Å². The Balaban J connectivity index is 6.00. The summed E-state index contributed by atoms with van der Waals surface area (Å²) in [5, 5.41) is -5.48. The molecule has 0 aliphatic heterocycles. The molecule has 17 heteroatoms. The molecular formula is C9H7F8NO7S. The van der Waals surface area contributed by atoms with Gasteiger partial charge in [0.2, 0.25) is 0 Å². The van der Waals surface area contributed by atoms with E-state index < -0.39 is 57.6 Å². The van der Waals surface area contributed by atoms with Crippen molar-refractivity contribution in [3.8, 4) is 0 Å². The highest BCUT2D eigenvalue weighted by molar-refractivity contribution is 7.86. The van der Waals surface area contributed by atoms with Crippen LogP contribution in [0.4, 0.5) is 35.1 Å². The van der Waals surface area contributed by atoms with Gasteiger partial charge in [-0.05, 0) is 0 Å². The van der Waals surface area contributed by atoms with Crippen molar-refractivity contribution in [2.45, 2.75) is 23.4 Å². The van der Waals surface area contributed by atoms with Crippen LogP contribution in [0.5, 0.6) is 0 Å². The number of esters is 1. The van der Waals surface area contributed by atoms with Crippen LogP contribution in [0.2, 0.25) is 0 Å². The number of ether oxygens (including phenoxy) is 2. The average molecular weight is 425 g/mol. The molecule has 152 valence electrons. The van der Waals surface area contributed by atoms with Crippen LogP contribution in [0.25, 0.3) is 0 Å². The van der Waals surface area contributed by atoms with E-state index in [1.807, 2.05) is 6.58 Å². The Hall–Kier alpha value is -2.01. The van der Waals surface area contributed by atoms with Gasteiger partial charge in [0.05, 0.1) is 0 Å². The number of carbonyl (C=O) groups is 2. The number of hydrogen-bond acceptors (Lipinski definition) is 6. The lowest BCUT2D eigenvalue weighted by Gasteiger charge is -2.32. The van der Waals surface area contributed by atoms with E-state index >= 15 is 0 Å². The van der Waals surface area contributed by atoms with Crippen LogP contribution in [-0.2, 0) is 29.2 Å². The van der Waals surface area contributed by atoms with Crippen LogP contribution in [0, 0.1) is 0 Å². The van der Waals surface area contributed by atoms with Crippen molar-refractivity contribution in [2.24, 2.45) is 5.73 Å². The first kappa shape index (κ1) is 24.0. The number of amides is 1. The van der Waals surface area contributed by atoms with Crippen molar-refractivity contribution >= 4 is 22.0 Å². The second-order valence-corrected chi connectivity index (χ2v) is 5.79. The Kier molecular flexibility index (Phi) is 6.41. The molecule has 0 saturated heterocycles. The minimum atomic E-state index is -6.38. The molecule has 3 N–H and O–H groups in total. The summed E-state index contributed by atoms with van der Waals surface area (Å²) < 4.78 is 137. The van der Waals surface area contributed by atoms with Gasteiger partial charge in [0, 0.05) is 0 Å². The Labute approximate surface area is 138 Å². The molecule has 0 aromatic carbocycles. The minimum absolute atomic E-state index is 2.04. The van der Waals surface area contributed by atoms with Crippen LogP contribution >= 0.6 is 0 Å². The largest absolute Gasteiger partial charge is 0.466 e. The van der Waals surface area contributed by atoms with Crippen molar-refractivity contribution in [3.63, 3.8) is 0 Å². The summed E-state index contributed by atoms with van der Waals surface area (Å²) in [5.74, 6) is -11.2. The monoisotopic (exact) mass is 425 g/mol. The zero-order valence-corrected chi connectivity index (χ0v) is 12.6. The summed E-state index contributed by atoms with van der Waals surface area (Å²) in [6.07, 6.45) is -12.0. The normalized spacial score (nSPS) is 15.9. The second kappa shape index (κ2) is 6.95. The van der Waals surface area contributed by atoms with Crippen molar-refractivity contribution < 1.29 is 67.2 Å². The zero-order chi connectivity index (χ0) is 21.4. The molecule has 0 fully saturated rings. The molecule has 0 heterocycles. The van der Waals surface area contributed by atoms with Crippen molar-refractivity contribution in [3.05, 3.63) is 12.2 Å². The molecule has 0 spiro atoms. The maximum Gasteiger partial charge on any atom is 0.466 e. The van der Waals surface area contributed by atoms with E-state index in [2.05, 4.69) is 15.2 Å². The van der Waals surface area contributed by atoms with Crippen molar-refractivity contribution in [1.29, 1.82) is 0 Å². The molecule has 26 heavy (non-hydrogen) atoms. The van der Waals surface area contributed by atoms with Crippen LogP contribution in [0.3, 0.4) is 0 Å². The highest BCUT2D eigenvalue weighted by Gasteiger charge is 2.67. The Morgan fingerprint density at radius 3 is 1.73 bits per heavy atom. The highest BCUT2D eigenvalue weighted by atomic mass is 32.2. The minimum Gasteiger partial charge on any atom is -0.412 e. The summed E-state index contributed by atoms with van der Waals surface area (Å²) in [7, 11) is -6.38. The van der Waals surface area contributed by atoms with E-state index in [0.717, 1.165) is 0 Å². The van der Waals surface area contributed by atoms with Gasteiger partial charge in [-0.1, -0.05) is 6.58 Å². The maximum atomic E-state index is 13.0. The molecule has 1 atom stereocenters. The Morgan fingerprint density at radius 1 is 1.04 bits per heavy atom. The quantitative estimate of drug-likeness (QED) is 0.204. The third-order valence-electron chi connectivity index (χ3n) is 2.34. The molecule has 8 nitrogen and oxygen atoms in total.